The largest absolute Gasteiger partial charge is 0.303 e. The van der Waals surface area contributed by atoms with E-state index in [1.807, 2.05) is 6.92 Å². The maximum absolute atomic E-state index is 13.7. The highest BCUT2D eigenvalue weighted by Crippen LogP contribution is 2.35. The molecule has 2 unspecified atom stereocenters. The van der Waals surface area contributed by atoms with Gasteiger partial charge in [0.25, 0.3) is 0 Å². The van der Waals surface area contributed by atoms with Crippen LogP contribution in [-0.2, 0) is 6.42 Å². The van der Waals surface area contributed by atoms with Crippen molar-refractivity contribution in [3.05, 3.63) is 69.0 Å². The second-order valence-electron chi connectivity index (χ2n) is 5.47. The Kier molecular flexibility index (Phi) is 4.21. The molecule has 0 fully saturated rings. The predicted molar refractivity (Wildman–Crippen MR) is 85.5 cm³/mol. The van der Waals surface area contributed by atoms with Crippen LogP contribution in [0.1, 0.15) is 42.1 Å². The van der Waals surface area contributed by atoms with Crippen molar-refractivity contribution in [2.75, 3.05) is 0 Å². The molecule has 3 rings (SSSR count). The third kappa shape index (κ3) is 2.94. The van der Waals surface area contributed by atoms with E-state index in [0.717, 1.165) is 18.4 Å². The molecule has 110 valence electrons. The van der Waals surface area contributed by atoms with E-state index in [1.54, 1.807) is 0 Å². The van der Waals surface area contributed by atoms with Crippen molar-refractivity contribution in [3.8, 4) is 0 Å². The predicted octanol–water partition coefficient (Wildman–Crippen LogP) is 5.47. The van der Waals surface area contributed by atoms with Gasteiger partial charge in [-0.25, -0.2) is 4.39 Å². The van der Waals surface area contributed by atoms with E-state index in [0.29, 0.717) is 5.02 Å². The van der Waals surface area contributed by atoms with Crippen molar-refractivity contribution in [1.29, 1.82) is 0 Å². The Labute approximate surface area is 134 Å². The van der Waals surface area contributed by atoms with Gasteiger partial charge in [0.05, 0.1) is 5.02 Å². The van der Waals surface area contributed by atoms with E-state index in [1.165, 1.54) is 23.3 Å². The minimum atomic E-state index is -0.434. The van der Waals surface area contributed by atoms with Crippen molar-refractivity contribution < 1.29 is 4.39 Å². The van der Waals surface area contributed by atoms with Crippen molar-refractivity contribution in [2.45, 2.75) is 31.8 Å². The molecule has 0 saturated carbocycles. The lowest BCUT2D eigenvalue weighted by atomic mass is 10.0. The van der Waals surface area contributed by atoms with E-state index >= 15 is 0 Å². The lowest BCUT2D eigenvalue weighted by Crippen LogP contribution is -2.23. The molecule has 21 heavy (non-hydrogen) atoms. The summed E-state index contributed by atoms with van der Waals surface area (Å²) in [5.74, 6) is -0.434. The minimum absolute atomic E-state index is 0.0413. The molecule has 0 radical (unpaired) electrons. The topological polar surface area (TPSA) is 12.0 Å². The van der Waals surface area contributed by atoms with Gasteiger partial charge in [-0.2, -0.15) is 0 Å². The Hall–Kier alpha value is -1.09. The monoisotopic (exact) mass is 323 g/mol. The van der Waals surface area contributed by atoms with Gasteiger partial charge in [0.1, 0.15) is 5.82 Å². The first-order valence-corrected chi connectivity index (χ1v) is 7.80. The summed E-state index contributed by atoms with van der Waals surface area (Å²) in [4.78, 5) is 0. The summed E-state index contributed by atoms with van der Waals surface area (Å²) in [5, 5.41) is 4.10. The molecule has 0 bridgehead atoms. The quantitative estimate of drug-likeness (QED) is 0.738. The van der Waals surface area contributed by atoms with Crippen LogP contribution in [0.4, 0.5) is 4.39 Å². The Morgan fingerprint density at radius 3 is 2.76 bits per heavy atom. The Morgan fingerprint density at radius 1 is 1.19 bits per heavy atom. The number of hydrogen-bond donors (Lipinski definition) is 1. The van der Waals surface area contributed by atoms with Crippen LogP contribution in [0.2, 0.25) is 10.0 Å². The van der Waals surface area contributed by atoms with Crippen molar-refractivity contribution in [1.82, 2.24) is 5.32 Å². The Bertz CT molecular complexity index is 672. The first kappa shape index (κ1) is 14.8. The standard InChI is InChI=1S/C17H16Cl2FN/c1-10(13-8-16(20)15(19)9-14(13)18)21-17-7-6-11-4-2-3-5-12(11)17/h2-5,8-10,17,21H,6-7H2,1H3. The van der Waals surface area contributed by atoms with E-state index < -0.39 is 5.82 Å². The summed E-state index contributed by atoms with van der Waals surface area (Å²) in [6.45, 7) is 2.00. The van der Waals surface area contributed by atoms with Crippen LogP contribution in [0.5, 0.6) is 0 Å². The number of nitrogens with one attached hydrogen (secondary N) is 1. The van der Waals surface area contributed by atoms with E-state index in [9.17, 15) is 4.39 Å². The molecule has 0 amide bonds. The summed E-state index contributed by atoms with van der Waals surface area (Å²) in [5.41, 5.74) is 3.45. The van der Waals surface area contributed by atoms with Crippen molar-refractivity contribution in [3.63, 3.8) is 0 Å². The number of hydrogen-bond acceptors (Lipinski definition) is 1. The summed E-state index contributed by atoms with van der Waals surface area (Å²) in [7, 11) is 0. The Balaban J connectivity index is 1.82. The highest BCUT2D eigenvalue weighted by Gasteiger charge is 2.24. The van der Waals surface area contributed by atoms with Gasteiger partial charge in [-0.15, -0.1) is 0 Å². The summed E-state index contributed by atoms with van der Waals surface area (Å²) >= 11 is 11.9. The fourth-order valence-electron chi connectivity index (χ4n) is 2.99. The van der Waals surface area contributed by atoms with Gasteiger partial charge in [-0.1, -0.05) is 47.5 Å². The lowest BCUT2D eigenvalue weighted by Gasteiger charge is -2.22. The molecule has 1 nitrogen and oxygen atoms in total. The highest BCUT2D eigenvalue weighted by molar-refractivity contribution is 6.35. The molecule has 2 atom stereocenters. The van der Waals surface area contributed by atoms with Gasteiger partial charge < -0.3 is 5.32 Å². The second-order valence-corrected chi connectivity index (χ2v) is 6.28. The summed E-state index contributed by atoms with van der Waals surface area (Å²) in [6, 6.07) is 11.6. The van der Waals surface area contributed by atoms with E-state index in [4.69, 9.17) is 23.2 Å². The number of rotatable bonds is 3. The molecular formula is C17H16Cl2FN. The minimum Gasteiger partial charge on any atom is -0.303 e. The van der Waals surface area contributed by atoms with Gasteiger partial charge in [0.15, 0.2) is 0 Å². The van der Waals surface area contributed by atoms with Crippen LogP contribution >= 0.6 is 23.2 Å². The van der Waals surface area contributed by atoms with Gasteiger partial charge >= 0.3 is 0 Å². The lowest BCUT2D eigenvalue weighted by molar-refractivity contribution is 0.463. The molecule has 0 heterocycles. The average Bonchev–Trinajstić information content (AvgIpc) is 2.86. The summed E-state index contributed by atoms with van der Waals surface area (Å²) in [6.07, 6.45) is 2.13. The van der Waals surface area contributed by atoms with Crippen molar-refractivity contribution in [2.24, 2.45) is 0 Å². The number of aryl methyl sites for hydroxylation is 1. The molecule has 0 aromatic heterocycles. The Morgan fingerprint density at radius 2 is 1.95 bits per heavy atom. The smallest absolute Gasteiger partial charge is 0.142 e. The maximum Gasteiger partial charge on any atom is 0.142 e. The third-order valence-corrected chi connectivity index (χ3v) is 4.71. The summed E-state index contributed by atoms with van der Waals surface area (Å²) < 4.78 is 13.7. The average molecular weight is 324 g/mol. The SMILES string of the molecule is CC(NC1CCc2ccccc21)c1cc(F)c(Cl)cc1Cl. The zero-order valence-electron chi connectivity index (χ0n) is 11.7. The molecule has 2 aromatic rings. The molecule has 0 aliphatic heterocycles. The van der Waals surface area contributed by atoms with E-state index in [2.05, 4.69) is 29.6 Å². The normalized spacial score (nSPS) is 18.6. The zero-order valence-corrected chi connectivity index (χ0v) is 13.2. The molecule has 0 spiro atoms. The van der Waals surface area contributed by atoms with Gasteiger partial charge in [0, 0.05) is 17.1 Å². The first-order valence-electron chi connectivity index (χ1n) is 7.04. The number of halogens is 3. The first-order chi connectivity index (χ1) is 10.1. The maximum atomic E-state index is 13.7. The number of benzene rings is 2. The highest BCUT2D eigenvalue weighted by atomic mass is 35.5. The van der Waals surface area contributed by atoms with Gasteiger partial charge in [-0.05, 0) is 48.6 Å². The van der Waals surface area contributed by atoms with Crippen molar-refractivity contribution >= 4 is 23.2 Å². The molecule has 0 saturated heterocycles. The van der Waals surface area contributed by atoms with E-state index in [-0.39, 0.29) is 17.1 Å². The second kappa shape index (κ2) is 5.96. The third-order valence-electron chi connectivity index (χ3n) is 4.09. The van der Waals surface area contributed by atoms with Crippen LogP contribution in [-0.4, -0.2) is 0 Å². The van der Waals surface area contributed by atoms with Crippen LogP contribution in [0.15, 0.2) is 36.4 Å². The number of fused-ring (bicyclic) bond motifs is 1. The van der Waals surface area contributed by atoms with Crippen LogP contribution in [0, 0.1) is 5.82 Å². The molecule has 1 aliphatic rings. The fourth-order valence-corrected chi connectivity index (χ4v) is 3.54. The molecule has 1 N–H and O–H groups in total. The zero-order chi connectivity index (χ0) is 15.0. The molecule has 4 heteroatoms. The van der Waals surface area contributed by atoms with Crippen LogP contribution < -0.4 is 5.32 Å². The van der Waals surface area contributed by atoms with Gasteiger partial charge in [0.2, 0.25) is 0 Å². The van der Waals surface area contributed by atoms with Crippen LogP contribution in [0.25, 0.3) is 0 Å². The van der Waals surface area contributed by atoms with Crippen LogP contribution in [0.3, 0.4) is 0 Å². The molecule has 1 aliphatic carbocycles. The molecule has 2 aromatic carbocycles. The fraction of sp³-hybridized carbons (Fsp3) is 0.294. The molecular weight excluding hydrogens is 308 g/mol. The van der Waals surface area contributed by atoms with Gasteiger partial charge in [-0.3, -0.25) is 0 Å².